The third-order valence-electron chi connectivity index (χ3n) is 3.66. The van der Waals surface area contributed by atoms with E-state index in [9.17, 15) is 8.42 Å². The summed E-state index contributed by atoms with van der Waals surface area (Å²) in [4.78, 5) is 3.48. The quantitative estimate of drug-likeness (QED) is 0.759. The van der Waals surface area contributed by atoms with Crippen LogP contribution >= 0.6 is 0 Å². The number of sulfonamides is 1. The fraction of sp³-hybridized carbons (Fsp3) is 0.176. The molecule has 0 aliphatic rings. The predicted molar refractivity (Wildman–Crippen MR) is 97.7 cm³/mol. The van der Waals surface area contributed by atoms with Crippen LogP contribution in [0.4, 0.5) is 11.5 Å². The maximum Gasteiger partial charge on any atom is 0.263 e. The summed E-state index contributed by atoms with van der Waals surface area (Å²) < 4.78 is 27.7. The van der Waals surface area contributed by atoms with Gasteiger partial charge < -0.3 is 4.90 Å². The lowest BCUT2D eigenvalue weighted by Gasteiger charge is -2.13. The van der Waals surface area contributed by atoms with Gasteiger partial charge in [-0.1, -0.05) is 18.2 Å². The highest BCUT2D eigenvalue weighted by atomic mass is 32.2. The van der Waals surface area contributed by atoms with Crippen LogP contribution in [0.3, 0.4) is 0 Å². The minimum atomic E-state index is -3.73. The van der Waals surface area contributed by atoms with Gasteiger partial charge in [0.15, 0.2) is 5.82 Å². The van der Waals surface area contributed by atoms with E-state index in [1.165, 1.54) is 4.80 Å². The minimum Gasteiger partial charge on any atom is -0.378 e. The van der Waals surface area contributed by atoms with Gasteiger partial charge in [0.25, 0.3) is 10.0 Å². The summed E-state index contributed by atoms with van der Waals surface area (Å²) in [6.45, 7) is 1.71. The summed E-state index contributed by atoms with van der Waals surface area (Å²) in [5.74, 6) is 0.209. The van der Waals surface area contributed by atoms with Gasteiger partial charge in [-0.25, -0.2) is 8.42 Å². The largest absolute Gasteiger partial charge is 0.378 e. The van der Waals surface area contributed by atoms with E-state index in [0.717, 1.165) is 11.4 Å². The Morgan fingerprint density at radius 1 is 0.960 bits per heavy atom. The molecule has 8 heteroatoms. The lowest BCUT2D eigenvalue weighted by molar-refractivity contribution is 0.601. The normalized spacial score (nSPS) is 11.3. The van der Waals surface area contributed by atoms with Crippen molar-refractivity contribution in [3.05, 3.63) is 60.3 Å². The average molecular weight is 357 g/mol. The van der Waals surface area contributed by atoms with E-state index in [0.29, 0.717) is 5.69 Å². The zero-order valence-corrected chi connectivity index (χ0v) is 15.0. The highest BCUT2D eigenvalue weighted by Crippen LogP contribution is 2.20. The van der Waals surface area contributed by atoms with Crippen molar-refractivity contribution in [2.75, 3.05) is 23.7 Å². The first-order valence-electron chi connectivity index (χ1n) is 7.66. The van der Waals surface area contributed by atoms with Gasteiger partial charge in [-0.3, -0.25) is 4.72 Å². The molecule has 0 spiro atoms. The smallest absolute Gasteiger partial charge is 0.263 e. The van der Waals surface area contributed by atoms with Gasteiger partial charge in [-0.05, 0) is 43.3 Å². The summed E-state index contributed by atoms with van der Waals surface area (Å²) in [7, 11) is 0.0602. The first-order valence-corrected chi connectivity index (χ1v) is 9.15. The van der Waals surface area contributed by atoms with E-state index >= 15 is 0 Å². The van der Waals surface area contributed by atoms with E-state index in [1.54, 1.807) is 31.2 Å². The van der Waals surface area contributed by atoms with Crippen LogP contribution in [0, 0.1) is 6.92 Å². The molecule has 0 fully saturated rings. The van der Waals surface area contributed by atoms with E-state index < -0.39 is 10.0 Å². The Hall–Kier alpha value is -2.87. The van der Waals surface area contributed by atoms with Crippen LogP contribution < -0.4 is 9.62 Å². The molecule has 7 nitrogen and oxygen atoms in total. The number of nitrogens with zero attached hydrogens (tertiary/aromatic N) is 4. The van der Waals surface area contributed by atoms with E-state index in [1.807, 2.05) is 49.3 Å². The molecule has 0 amide bonds. The molecule has 0 unspecified atom stereocenters. The number of benzene rings is 2. The molecule has 0 aliphatic heterocycles. The number of nitrogens with one attached hydrogen (secondary N) is 1. The molecule has 3 aromatic rings. The molecule has 25 heavy (non-hydrogen) atoms. The van der Waals surface area contributed by atoms with Gasteiger partial charge >= 0.3 is 0 Å². The molecule has 0 radical (unpaired) electrons. The Kier molecular flexibility index (Phi) is 4.45. The Morgan fingerprint density at radius 2 is 1.60 bits per heavy atom. The maximum absolute atomic E-state index is 12.6. The van der Waals surface area contributed by atoms with E-state index in [4.69, 9.17) is 0 Å². The topological polar surface area (TPSA) is 80.1 Å². The monoisotopic (exact) mass is 357 g/mol. The van der Waals surface area contributed by atoms with Gasteiger partial charge in [-0.15, -0.1) is 9.90 Å². The van der Waals surface area contributed by atoms with Crippen molar-refractivity contribution >= 4 is 21.5 Å². The summed E-state index contributed by atoms with van der Waals surface area (Å²) >= 11 is 0. The molecule has 1 aromatic heterocycles. The van der Waals surface area contributed by atoms with Crippen LogP contribution in [0.2, 0.25) is 0 Å². The Balaban J connectivity index is 1.87. The van der Waals surface area contributed by atoms with Crippen molar-refractivity contribution in [1.82, 2.24) is 15.0 Å². The van der Waals surface area contributed by atoms with Gasteiger partial charge in [0.05, 0.1) is 10.6 Å². The zero-order valence-electron chi connectivity index (χ0n) is 14.2. The minimum absolute atomic E-state index is 0.173. The van der Waals surface area contributed by atoms with Gasteiger partial charge in [-0.2, -0.15) is 5.10 Å². The first kappa shape index (κ1) is 17.0. The SMILES string of the molecule is Cc1nn(-c2ccccc2)nc1NS(=O)(=O)c1ccc(N(C)C)cc1. The Morgan fingerprint density at radius 3 is 2.20 bits per heavy atom. The number of rotatable bonds is 5. The second-order valence-corrected chi connectivity index (χ2v) is 7.44. The number of hydrogen-bond acceptors (Lipinski definition) is 5. The first-order chi connectivity index (χ1) is 11.9. The van der Waals surface area contributed by atoms with Gasteiger partial charge in [0, 0.05) is 19.8 Å². The second-order valence-electron chi connectivity index (χ2n) is 5.75. The summed E-state index contributed by atoms with van der Waals surface area (Å²) in [5.41, 5.74) is 2.17. The van der Waals surface area contributed by atoms with Gasteiger partial charge in [0.1, 0.15) is 5.69 Å². The average Bonchev–Trinajstić information content (AvgIpc) is 2.96. The lowest BCUT2D eigenvalue weighted by Crippen LogP contribution is -2.15. The van der Waals surface area contributed by atoms with Crippen LogP contribution in [0.25, 0.3) is 5.69 Å². The maximum atomic E-state index is 12.6. The van der Waals surface area contributed by atoms with Crippen LogP contribution in [-0.2, 0) is 10.0 Å². The van der Waals surface area contributed by atoms with Crippen molar-refractivity contribution in [1.29, 1.82) is 0 Å². The molecular formula is C17H19N5O2S. The summed E-state index contributed by atoms with van der Waals surface area (Å²) in [5, 5.41) is 8.51. The highest BCUT2D eigenvalue weighted by molar-refractivity contribution is 7.92. The standard InChI is InChI=1S/C17H19N5O2S/c1-13-17(19-22(18-13)15-7-5-4-6-8-15)20-25(23,24)16-11-9-14(10-12-16)21(2)3/h4-12H,1-3H3,(H,19,20). The van der Waals surface area contributed by atoms with Crippen LogP contribution in [0.5, 0.6) is 0 Å². The van der Waals surface area contributed by atoms with E-state index in [2.05, 4.69) is 14.9 Å². The third-order valence-corrected chi connectivity index (χ3v) is 5.02. The molecular weight excluding hydrogens is 338 g/mol. The van der Waals surface area contributed by atoms with E-state index in [-0.39, 0.29) is 10.7 Å². The molecule has 2 aromatic carbocycles. The molecule has 3 rings (SSSR count). The lowest BCUT2D eigenvalue weighted by atomic mass is 10.3. The molecule has 1 N–H and O–H groups in total. The number of para-hydroxylation sites is 1. The number of aromatic nitrogens is 3. The van der Waals surface area contributed by atoms with Crippen molar-refractivity contribution in [3.63, 3.8) is 0 Å². The van der Waals surface area contributed by atoms with Crippen molar-refractivity contribution in [3.8, 4) is 5.69 Å². The van der Waals surface area contributed by atoms with Crippen molar-refractivity contribution < 1.29 is 8.42 Å². The molecule has 0 saturated heterocycles. The molecule has 0 atom stereocenters. The molecule has 0 saturated carbocycles. The van der Waals surface area contributed by atoms with Crippen molar-refractivity contribution in [2.45, 2.75) is 11.8 Å². The number of aryl methyl sites for hydroxylation is 1. The molecule has 0 aliphatic carbocycles. The van der Waals surface area contributed by atoms with Crippen molar-refractivity contribution in [2.24, 2.45) is 0 Å². The van der Waals surface area contributed by atoms with Crippen LogP contribution in [0.15, 0.2) is 59.5 Å². The van der Waals surface area contributed by atoms with Crippen LogP contribution in [-0.4, -0.2) is 37.5 Å². The zero-order chi connectivity index (χ0) is 18.0. The fourth-order valence-electron chi connectivity index (χ4n) is 2.26. The van der Waals surface area contributed by atoms with Gasteiger partial charge in [0.2, 0.25) is 0 Å². The highest BCUT2D eigenvalue weighted by Gasteiger charge is 2.18. The Labute approximate surface area is 147 Å². The number of hydrogen-bond donors (Lipinski definition) is 1. The summed E-state index contributed by atoms with van der Waals surface area (Å²) in [6, 6.07) is 15.9. The third kappa shape index (κ3) is 3.63. The summed E-state index contributed by atoms with van der Waals surface area (Å²) in [6.07, 6.45) is 0. The Bertz CT molecular complexity index is 964. The second kappa shape index (κ2) is 6.56. The molecule has 0 bridgehead atoms. The molecule has 1 heterocycles. The molecule has 130 valence electrons. The van der Waals surface area contributed by atoms with Crippen LogP contribution in [0.1, 0.15) is 5.69 Å². The predicted octanol–water partition coefficient (Wildman–Crippen LogP) is 2.44. The fourth-order valence-corrected chi connectivity index (χ4v) is 3.31. The number of anilines is 2.